The van der Waals surface area contributed by atoms with Gasteiger partial charge in [0.1, 0.15) is 0 Å². The monoisotopic (exact) mass is 373 g/mol. The van der Waals surface area contributed by atoms with Gasteiger partial charge >= 0.3 is 0 Å². The summed E-state index contributed by atoms with van der Waals surface area (Å²) in [6, 6.07) is 1.44. The number of carbonyl (C=O) groups excluding carboxylic acids is 1. The Balaban J connectivity index is 1.84. The van der Waals surface area contributed by atoms with Gasteiger partial charge in [0.2, 0.25) is 10.0 Å². The predicted molar refractivity (Wildman–Crippen MR) is 88.7 cm³/mol. The van der Waals surface area contributed by atoms with Crippen LogP contribution in [0.5, 0.6) is 0 Å². The largest absolute Gasteiger partial charge is 0.379 e. The van der Waals surface area contributed by atoms with Crippen LogP contribution in [0.25, 0.3) is 0 Å². The number of thiophene rings is 1. The van der Waals surface area contributed by atoms with Crippen LogP contribution in [0.3, 0.4) is 0 Å². The van der Waals surface area contributed by atoms with Crippen LogP contribution in [-0.4, -0.2) is 49.9 Å². The van der Waals surface area contributed by atoms with Gasteiger partial charge < -0.3 is 4.74 Å². The molecule has 1 saturated heterocycles. The van der Waals surface area contributed by atoms with Gasteiger partial charge in [-0.15, -0.1) is 22.7 Å². The number of thiazole rings is 1. The summed E-state index contributed by atoms with van der Waals surface area (Å²) in [6.45, 7) is 3.15. The molecular formula is C13H15N3O4S3. The molecule has 1 amide bonds. The molecular weight excluding hydrogens is 358 g/mol. The van der Waals surface area contributed by atoms with Crippen LogP contribution in [0.1, 0.15) is 14.5 Å². The standard InChI is InChI=1S/C13H15N3O4S3/c1-9-11(23(18,19)16-3-5-20-6-4-16)8-10(22-9)12(17)15-13-14-2-7-21-13/h2,7-8H,3-6H2,1H3,(H,14,15,17). The van der Waals surface area contributed by atoms with Crippen molar-refractivity contribution in [1.29, 1.82) is 0 Å². The lowest BCUT2D eigenvalue weighted by Gasteiger charge is -2.25. The molecule has 3 rings (SSSR count). The number of aryl methyl sites for hydroxylation is 1. The van der Waals surface area contributed by atoms with Gasteiger partial charge in [-0.25, -0.2) is 13.4 Å². The van der Waals surface area contributed by atoms with E-state index in [4.69, 9.17) is 4.74 Å². The van der Waals surface area contributed by atoms with Crippen molar-refractivity contribution in [2.45, 2.75) is 11.8 Å². The van der Waals surface area contributed by atoms with Gasteiger partial charge in [-0.1, -0.05) is 0 Å². The van der Waals surface area contributed by atoms with Crippen LogP contribution >= 0.6 is 22.7 Å². The number of nitrogens with zero attached hydrogens (tertiary/aromatic N) is 2. The molecule has 1 N–H and O–H groups in total. The maximum absolute atomic E-state index is 12.7. The van der Waals surface area contributed by atoms with E-state index in [2.05, 4.69) is 10.3 Å². The van der Waals surface area contributed by atoms with E-state index in [1.54, 1.807) is 18.5 Å². The van der Waals surface area contributed by atoms with E-state index in [9.17, 15) is 13.2 Å². The Morgan fingerprint density at radius 1 is 1.39 bits per heavy atom. The molecule has 0 spiro atoms. The molecule has 23 heavy (non-hydrogen) atoms. The number of aromatic nitrogens is 1. The molecule has 3 heterocycles. The van der Waals surface area contributed by atoms with Crippen molar-refractivity contribution < 1.29 is 17.9 Å². The molecule has 0 aromatic carbocycles. The van der Waals surface area contributed by atoms with Crippen LogP contribution in [0.4, 0.5) is 5.13 Å². The van der Waals surface area contributed by atoms with Crippen molar-refractivity contribution in [3.63, 3.8) is 0 Å². The van der Waals surface area contributed by atoms with E-state index in [0.29, 0.717) is 41.2 Å². The van der Waals surface area contributed by atoms with Gasteiger partial charge in [-0.2, -0.15) is 4.31 Å². The van der Waals surface area contributed by atoms with Crippen molar-refractivity contribution in [3.8, 4) is 0 Å². The molecule has 124 valence electrons. The Bertz CT molecular complexity index is 793. The molecule has 2 aromatic heterocycles. The number of carbonyl (C=O) groups is 1. The molecule has 0 radical (unpaired) electrons. The number of hydrogen-bond acceptors (Lipinski definition) is 7. The summed E-state index contributed by atoms with van der Waals surface area (Å²) in [4.78, 5) is 17.3. The molecule has 1 aliphatic rings. The number of ether oxygens (including phenoxy) is 1. The van der Waals surface area contributed by atoms with Crippen LogP contribution < -0.4 is 5.32 Å². The highest BCUT2D eigenvalue weighted by atomic mass is 32.2. The molecule has 0 atom stereocenters. The SMILES string of the molecule is Cc1sc(C(=O)Nc2nccs2)cc1S(=O)(=O)N1CCOCC1. The zero-order chi connectivity index (χ0) is 16.4. The van der Waals surface area contributed by atoms with E-state index in [0.717, 1.165) is 11.3 Å². The smallest absolute Gasteiger partial charge is 0.267 e. The highest BCUT2D eigenvalue weighted by molar-refractivity contribution is 7.89. The number of morpholine rings is 1. The highest BCUT2D eigenvalue weighted by Crippen LogP contribution is 2.29. The minimum atomic E-state index is -3.60. The second kappa shape index (κ2) is 6.65. The summed E-state index contributed by atoms with van der Waals surface area (Å²) < 4.78 is 32.0. The Morgan fingerprint density at radius 2 is 2.13 bits per heavy atom. The van der Waals surface area contributed by atoms with Gasteiger partial charge in [-0.3, -0.25) is 10.1 Å². The summed E-state index contributed by atoms with van der Waals surface area (Å²) in [5, 5.41) is 4.90. The minimum absolute atomic E-state index is 0.189. The van der Waals surface area contributed by atoms with Crippen molar-refractivity contribution in [1.82, 2.24) is 9.29 Å². The van der Waals surface area contributed by atoms with Crippen molar-refractivity contribution >= 4 is 43.7 Å². The lowest BCUT2D eigenvalue weighted by atomic mass is 10.4. The lowest BCUT2D eigenvalue weighted by Crippen LogP contribution is -2.40. The van der Waals surface area contributed by atoms with Crippen molar-refractivity contribution in [2.24, 2.45) is 0 Å². The highest BCUT2D eigenvalue weighted by Gasteiger charge is 2.30. The normalized spacial score (nSPS) is 16.4. The van der Waals surface area contributed by atoms with Crippen molar-refractivity contribution in [3.05, 3.63) is 27.4 Å². The molecule has 0 unspecified atom stereocenters. The summed E-state index contributed by atoms with van der Waals surface area (Å²) in [7, 11) is -3.60. The number of nitrogens with one attached hydrogen (secondary N) is 1. The molecule has 1 fully saturated rings. The second-order valence-corrected chi connectivity index (χ2v) is 8.90. The third-order valence-electron chi connectivity index (χ3n) is 3.34. The van der Waals surface area contributed by atoms with Gasteiger partial charge in [-0.05, 0) is 13.0 Å². The quantitative estimate of drug-likeness (QED) is 0.883. The average Bonchev–Trinajstić information content (AvgIpc) is 3.18. The van der Waals surface area contributed by atoms with Crippen LogP contribution in [0.15, 0.2) is 22.5 Å². The molecule has 7 nitrogen and oxygen atoms in total. The molecule has 0 saturated carbocycles. The van der Waals surface area contributed by atoms with Crippen LogP contribution in [-0.2, 0) is 14.8 Å². The molecule has 0 aliphatic carbocycles. The topological polar surface area (TPSA) is 88.6 Å². The van der Waals surface area contributed by atoms with Crippen LogP contribution in [0.2, 0.25) is 0 Å². The first-order valence-electron chi connectivity index (χ1n) is 6.87. The van der Waals surface area contributed by atoms with Gasteiger partial charge in [0.15, 0.2) is 5.13 Å². The average molecular weight is 373 g/mol. The summed E-state index contributed by atoms with van der Waals surface area (Å²) in [5.41, 5.74) is 0. The fourth-order valence-electron chi connectivity index (χ4n) is 2.20. The molecule has 0 bridgehead atoms. The molecule has 1 aliphatic heterocycles. The summed E-state index contributed by atoms with van der Waals surface area (Å²) >= 11 is 2.47. The first kappa shape index (κ1) is 16.5. The first-order chi connectivity index (χ1) is 11.0. The van der Waals surface area contributed by atoms with E-state index in [1.807, 2.05) is 0 Å². The third kappa shape index (κ3) is 3.45. The number of amides is 1. The number of sulfonamides is 1. The lowest BCUT2D eigenvalue weighted by molar-refractivity contribution is 0.0730. The van der Waals surface area contributed by atoms with Gasteiger partial charge in [0.05, 0.1) is 23.0 Å². The number of rotatable bonds is 4. The number of hydrogen-bond donors (Lipinski definition) is 1. The fourth-order valence-corrected chi connectivity index (χ4v) is 5.59. The fraction of sp³-hybridized carbons (Fsp3) is 0.385. The maximum atomic E-state index is 12.7. The van der Waals surface area contributed by atoms with Crippen molar-refractivity contribution in [2.75, 3.05) is 31.6 Å². The number of anilines is 1. The Morgan fingerprint density at radius 3 is 2.78 bits per heavy atom. The van der Waals surface area contributed by atoms with Crippen LogP contribution in [0, 0.1) is 6.92 Å². The Labute approximate surface area is 142 Å². The Hall–Kier alpha value is -1.33. The Kier molecular flexibility index (Phi) is 4.78. The third-order valence-corrected chi connectivity index (χ3v) is 7.23. The van der Waals surface area contributed by atoms with E-state index >= 15 is 0 Å². The predicted octanol–water partition coefficient (Wildman–Crippen LogP) is 1.79. The first-order valence-corrected chi connectivity index (χ1v) is 10.0. The summed E-state index contributed by atoms with van der Waals surface area (Å²) in [6.07, 6.45) is 1.59. The maximum Gasteiger partial charge on any atom is 0.267 e. The minimum Gasteiger partial charge on any atom is -0.379 e. The van der Waals surface area contributed by atoms with E-state index < -0.39 is 10.0 Å². The second-order valence-electron chi connectivity index (χ2n) is 4.84. The van der Waals surface area contributed by atoms with Gasteiger partial charge in [0, 0.05) is 29.5 Å². The summed E-state index contributed by atoms with van der Waals surface area (Å²) in [5.74, 6) is -0.350. The van der Waals surface area contributed by atoms with E-state index in [1.165, 1.54) is 21.7 Å². The molecule has 2 aromatic rings. The van der Waals surface area contributed by atoms with E-state index in [-0.39, 0.29) is 10.8 Å². The zero-order valence-corrected chi connectivity index (χ0v) is 14.8. The molecule has 10 heteroatoms. The van der Waals surface area contributed by atoms with Gasteiger partial charge in [0.25, 0.3) is 5.91 Å². The zero-order valence-electron chi connectivity index (χ0n) is 12.3.